The van der Waals surface area contributed by atoms with Crippen LogP contribution in [0.25, 0.3) is 0 Å². The summed E-state index contributed by atoms with van der Waals surface area (Å²) in [7, 11) is 1.55. The number of methoxy groups -OCH3 is 1. The lowest BCUT2D eigenvalue weighted by molar-refractivity contribution is -0.124. The second-order valence-electron chi connectivity index (χ2n) is 5.39. The zero-order chi connectivity index (χ0) is 18.7. The van der Waals surface area contributed by atoms with Crippen molar-refractivity contribution in [2.24, 2.45) is 5.16 Å². The quantitative estimate of drug-likeness (QED) is 0.524. The number of hydrogen-bond donors (Lipinski definition) is 2. The number of imide groups is 1. The molecular weight excluding hydrogens is 326 g/mol. The number of nitrogens with one attached hydrogen (secondary N) is 2. The Bertz CT molecular complexity index is 602. The van der Waals surface area contributed by atoms with Gasteiger partial charge in [-0.3, -0.25) is 10.1 Å². The highest BCUT2D eigenvalue weighted by molar-refractivity contribution is 5.94. The molecule has 2 N–H and O–H groups in total. The van der Waals surface area contributed by atoms with Gasteiger partial charge in [-0.25, -0.2) is 4.79 Å². The van der Waals surface area contributed by atoms with E-state index in [-0.39, 0.29) is 12.7 Å². The van der Waals surface area contributed by atoms with Gasteiger partial charge in [0.2, 0.25) is 0 Å². The molecule has 0 saturated carbocycles. The van der Waals surface area contributed by atoms with Gasteiger partial charge in [0, 0.05) is 12.1 Å². The van der Waals surface area contributed by atoms with Crippen LogP contribution < -0.4 is 20.1 Å². The van der Waals surface area contributed by atoms with E-state index in [4.69, 9.17) is 14.3 Å². The Balaban J connectivity index is 2.48. The maximum Gasteiger partial charge on any atom is 0.321 e. The van der Waals surface area contributed by atoms with E-state index < -0.39 is 11.9 Å². The predicted octanol–water partition coefficient (Wildman–Crippen LogP) is 2.07. The molecule has 0 spiro atoms. The number of amides is 3. The fraction of sp³-hybridized carbons (Fsp3) is 0.471. The molecular formula is C17H25N3O5. The van der Waals surface area contributed by atoms with Crippen molar-refractivity contribution in [1.29, 1.82) is 0 Å². The van der Waals surface area contributed by atoms with E-state index in [0.717, 1.165) is 6.42 Å². The monoisotopic (exact) mass is 351 g/mol. The van der Waals surface area contributed by atoms with Crippen LogP contribution in [0.4, 0.5) is 4.79 Å². The summed E-state index contributed by atoms with van der Waals surface area (Å²) in [6, 6.07) is 4.74. The molecule has 0 atom stereocenters. The Morgan fingerprint density at radius 1 is 1.28 bits per heavy atom. The van der Waals surface area contributed by atoms with Gasteiger partial charge < -0.3 is 19.6 Å². The third-order valence-electron chi connectivity index (χ3n) is 2.81. The molecule has 8 heteroatoms. The Morgan fingerprint density at radius 2 is 2.04 bits per heavy atom. The van der Waals surface area contributed by atoms with E-state index in [0.29, 0.717) is 23.6 Å². The van der Waals surface area contributed by atoms with Crippen molar-refractivity contribution in [1.82, 2.24) is 10.6 Å². The van der Waals surface area contributed by atoms with Gasteiger partial charge >= 0.3 is 6.03 Å². The molecule has 1 rings (SSSR count). The Labute approximate surface area is 147 Å². The molecule has 0 aliphatic heterocycles. The molecule has 0 heterocycles. The number of hydrogen-bond acceptors (Lipinski definition) is 6. The summed E-state index contributed by atoms with van der Waals surface area (Å²) < 4.78 is 10.9. The highest BCUT2D eigenvalue weighted by atomic mass is 16.6. The standard InChI is InChI=1S/C17H25N3O5/c1-5-8-18-17(22)20-16(21)11-24-19-10-13-6-7-14(25-12(2)3)15(9-13)23-4/h6-7,9-10,12H,5,8,11H2,1-4H3,(H2,18,20,21,22)/b19-10-. The van der Waals surface area contributed by atoms with Crippen molar-refractivity contribution in [3.8, 4) is 11.5 Å². The van der Waals surface area contributed by atoms with E-state index in [1.165, 1.54) is 6.21 Å². The molecule has 1 aromatic rings. The molecule has 1 aromatic carbocycles. The lowest BCUT2D eigenvalue weighted by Gasteiger charge is -2.13. The zero-order valence-electron chi connectivity index (χ0n) is 15.0. The molecule has 0 aliphatic rings. The first-order chi connectivity index (χ1) is 12.0. The highest BCUT2D eigenvalue weighted by Crippen LogP contribution is 2.28. The van der Waals surface area contributed by atoms with Crippen LogP contribution in [-0.4, -0.2) is 44.5 Å². The molecule has 0 fully saturated rings. The van der Waals surface area contributed by atoms with E-state index in [1.807, 2.05) is 20.8 Å². The normalized spacial score (nSPS) is 10.6. The van der Waals surface area contributed by atoms with E-state index in [9.17, 15) is 9.59 Å². The molecule has 0 radical (unpaired) electrons. The SMILES string of the molecule is CCCNC(=O)NC(=O)CO/N=C\c1ccc(OC(C)C)c(OC)c1. The minimum absolute atomic E-state index is 0.0322. The summed E-state index contributed by atoms with van der Waals surface area (Å²) in [6.07, 6.45) is 2.25. The number of carbonyl (C=O) groups excluding carboxylic acids is 2. The third-order valence-corrected chi connectivity index (χ3v) is 2.81. The highest BCUT2D eigenvalue weighted by Gasteiger charge is 2.08. The minimum Gasteiger partial charge on any atom is -0.493 e. The van der Waals surface area contributed by atoms with Crippen LogP contribution in [0.5, 0.6) is 11.5 Å². The average molecular weight is 351 g/mol. The Morgan fingerprint density at radius 3 is 2.68 bits per heavy atom. The summed E-state index contributed by atoms with van der Waals surface area (Å²) in [4.78, 5) is 27.6. The number of ether oxygens (including phenoxy) is 2. The van der Waals surface area contributed by atoms with E-state index in [2.05, 4.69) is 15.8 Å². The van der Waals surface area contributed by atoms with Gasteiger partial charge in [0.15, 0.2) is 18.1 Å². The third kappa shape index (κ3) is 8.05. The number of nitrogens with zero attached hydrogens (tertiary/aromatic N) is 1. The van der Waals surface area contributed by atoms with Gasteiger partial charge in [0.25, 0.3) is 5.91 Å². The summed E-state index contributed by atoms with van der Waals surface area (Å²) in [5, 5.41) is 8.36. The number of urea groups is 1. The molecule has 25 heavy (non-hydrogen) atoms. The fourth-order valence-electron chi connectivity index (χ4n) is 1.76. The van der Waals surface area contributed by atoms with Crippen LogP contribution in [0.2, 0.25) is 0 Å². The van der Waals surface area contributed by atoms with Crippen molar-refractivity contribution in [2.75, 3.05) is 20.3 Å². The second kappa shape index (κ2) is 10.9. The zero-order valence-corrected chi connectivity index (χ0v) is 15.0. The lowest BCUT2D eigenvalue weighted by Crippen LogP contribution is -2.41. The minimum atomic E-state index is -0.580. The van der Waals surface area contributed by atoms with Crippen molar-refractivity contribution >= 4 is 18.2 Å². The van der Waals surface area contributed by atoms with Crippen molar-refractivity contribution < 1.29 is 23.9 Å². The topological polar surface area (TPSA) is 98.3 Å². The molecule has 0 unspecified atom stereocenters. The number of carbonyl (C=O) groups is 2. The second-order valence-corrected chi connectivity index (χ2v) is 5.39. The Kier molecular flexibility index (Phi) is 8.84. The van der Waals surface area contributed by atoms with Gasteiger partial charge in [-0.15, -0.1) is 0 Å². The first-order valence-electron chi connectivity index (χ1n) is 8.04. The molecule has 0 bridgehead atoms. The van der Waals surface area contributed by atoms with Gasteiger partial charge in [-0.05, 0) is 38.5 Å². The van der Waals surface area contributed by atoms with Crippen LogP contribution in [0, 0.1) is 0 Å². The summed E-state index contributed by atoms with van der Waals surface area (Å²) in [6.45, 7) is 5.90. The lowest BCUT2D eigenvalue weighted by atomic mass is 10.2. The van der Waals surface area contributed by atoms with Crippen LogP contribution in [0.1, 0.15) is 32.8 Å². The molecule has 138 valence electrons. The average Bonchev–Trinajstić information content (AvgIpc) is 2.57. The summed E-state index contributed by atoms with van der Waals surface area (Å²) in [5.41, 5.74) is 0.717. The van der Waals surface area contributed by atoms with E-state index >= 15 is 0 Å². The number of oxime groups is 1. The first-order valence-corrected chi connectivity index (χ1v) is 8.04. The van der Waals surface area contributed by atoms with Gasteiger partial charge in [0.1, 0.15) is 0 Å². The molecule has 8 nitrogen and oxygen atoms in total. The van der Waals surface area contributed by atoms with Crippen molar-refractivity contribution in [2.45, 2.75) is 33.3 Å². The van der Waals surface area contributed by atoms with Crippen LogP contribution in [0.15, 0.2) is 23.4 Å². The van der Waals surface area contributed by atoms with Crippen LogP contribution in [0.3, 0.4) is 0 Å². The first kappa shape index (κ1) is 20.3. The van der Waals surface area contributed by atoms with Crippen LogP contribution in [-0.2, 0) is 9.63 Å². The fourth-order valence-corrected chi connectivity index (χ4v) is 1.76. The summed E-state index contributed by atoms with van der Waals surface area (Å²) in [5.74, 6) is 0.625. The molecule has 3 amide bonds. The number of benzene rings is 1. The smallest absolute Gasteiger partial charge is 0.321 e. The maximum absolute atomic E-state index is 11.5. The van der Waals surface area contributed by atoms with Crippen molar-refractivity contribution in [3.05, 3.63) is 23.8 Å². The van der Waals surface area contributed by atoms with Gasteiger partial charge in [0.05, 0.1) is 19.4 Å². The van der Waals surface area contributed by atoms with Crippen molar-refractivity contribution in [3.63, 3.8) is 0 Å². The number of rotatable bonds is 9. The summed E-state index contributed by atoms with van der Waals surface area (Å²) >= 11 is 0. The molecule has 0 saturated heterocycles. The molecule has 0 aliphatic carbocycles. The van der Waals surface area contributed by atoms with Crippen LogP contribution >= 0.6 is 0 Å². The Hall–Kier alpha value is -2.77. The largest absolute Gasteiger partial charge is 0.493 e. The van der Waals surface area contributed by atoms with Gasteiger partial charge in [-0.1, -0.05) is 12.1 Å². The van der Waals surface area contributed by atoms with E-state index in [1.54, 1.807) is 25.3 Å². The maximum atomic E-state index is 11.5. The van der Waals surface area contributed by atoms with Gasteiger partial charge in [-0.2, -0.15) is 0 Å². The predicted molar refractivity (Wildman–Crippen MR) is 94.1 cm³/mol. The molecule has 0 aromatic heterocycles.